The fraction of sp³-hybridized carbons (Fsp3) is 0.625. The zero-order valence-corrected chi connectivity index (χ0v) is 14.4. The molecule has 126 valence electrons. The Balaban J connectivity index is 1.13. The van der Waals surface area contributed by atoms with Crippen molar-refractivity contribution in [3.05, 3.63) is 23.5 Å². The molecule has 0 spiro atoms. The van der Waals surface area contributed by atoms with Gasteiger partial charge in [-0.1, -0.05) is 11.3 Å². The van der Waals surface area contributed by atoms with E-state index < -0.39 is 0 Å². The molecule has 0 N–H and O–H groups in total. The van der Waals surface area contributed by atoms with Crippen molar-refractivity contribution in [3.63, 3.8) is 0 Å². The van der Waals surface area contributed by atoms with E-state index in [1.165, 1.54) is 17.8 Å². The lowest BCUT2D eigenvalue weighted by Gasteiger charge is -2.47. The van der Waals surface area contributed by atoms with Crippen molar-refractivity contribution in [2.75, 3.05) is 49.1 Å². The van der Waals surface area contributed by atoms with Crippen molar-refractivity contribution < 1.29 is 0 Å². The van der Waals surface area contributed by atoms with Gasteiger partial charge in [-0.2, -0.15) is 0 Å². The molecule has 2 aliphatic heterocycles. The molecule has 0 amide bonds. The van der Waals surface area contributed by atoms with Crippen molar-refractivity contribution in [2.45, 2.75) is 24.8 Å². The Bertz CT molecular complexity index is 687. The lowest BCUT2D eigenvalue weighted by atomic mass is 10.1. The summed E-state index contributed by atoms with van der Waals surface area (Å²) in [6.45, 7) is 6.35. The third kappa shape index (κ3) is 2.73. The quantitative estimate of drug-likeness (QED) is 0.827. The Morgan fingerprint density at radius 3 is 2.38 bits per heavy atom. The number of anilines is 2. The van der Waals surface area contributed by atoms with E-state index in [0.717, 1.165) is 50.3 Å². The minimum absolute atomic E-state index is 0.650. The molecule has 8 heteroatoms. The summed E-state index contributed by atoms with van der Waals surface area (Å²) >= 11 is 1.79. The van der Waals surface area contributed by atoms with Gasteiger partial charge in [0.15, 0.2) is 0 Å². The van der Waals surface area contributed by atoms with Crippen molar-refractivity contribution in [3.8, 4) is 0 Å². The fourth-order valence-corrected chi connectivity index (χ4v) is 4.46. The van der Waals surface area contributed by atoms with Crippen LogP contribution in [-0.2, 0) is 0 Å². The molecule has 2 aromatic rings. The summed E-state index contributed by atoms with van der Waals surface area (Å²) in [5.74, 6) is 1.57. The molecule has 3 aliphatic rings. The van der Waals surface area contributed by atoms with E-state index in [4.69, 9.17) is 0 Å². The van der Waals surface area contributed by atoms with Crippen LogP contribution in [0.1, 0.15) is 23.8 Å². The summed E-state index contributed by atoms with van der Waals surface area (Å²) in [6.07, 6.45) is 6.23. The number of hydrogen-bond acceptors (Lipinski definition) is 8. The molecule has 0 radical (unpaired) electrons. The minimum atomic E-state index is 0.650. The van der Waals surface area contributed by atoms with Crippen LogP contribution in [-0.4, -0.2) is 70.4 Å². The summed E-state index contributed by atoms with van der Waals surface area (Å²) in [6, 6.07) is 2.52. The molecule has 3 fully saturated rings. The van der Waals surface area contributed by atoms with E-state index in [1.54, 1.807) is 11.3 Å². The maximum Gasteiger partial charge on any atom is 0.225 e. The topological polar surface area (TPSA) is 61.3 Å². The maximum absolute atomic E-state index is 4.38. The van der Waals surface area contributed by atoms with Crippen LogP contribution in [0, 0.1) is 0 Å². The first-order valence-electron chi connectivity index (χ1n) is 8.71. The van der Waals surface area contributed by atoms with Crippen LogP contribution >= 0.6 is 11.3 Å². The van der Waals surface area contributed by atoms with E-state index in [1.807, 2.05) is 18.5 Å². The number of piperazine rings is 1. The Hall–Kier alpha value is -1.80. The van der Waals surface area contributed by atoms with Crippen molar-refractivity contribution in [1.82, 2.24) is 25.1 Å². The molecule has 1 aliphatic carbocycles. The molecular formula is C16H21N7S. The SMILES string of the molecule is c1cnc(N2CCN(C3CN(c4nnc(C5CC5)s4)C3)CC2)nc1. The number of hydrogen-bond donors (Lipinski definition) is 0. The number of nitrogens with zero attached hydrogens (tertiary/aromatic N) is 7. The zero-order chi connectivity index (χ0) is 15.9. The highest BCUT2D eigenvalue weighted by Gasteiger charge is 2.36. The minimum Gasteiger partial charge on any atom is -0.343 e. The Morgan fingerprint density at radius 2 is 1.67 bits per heavy atom. The molecule has 5 rings (SSSR count). The van der Waals surface area contributed by atoms with E-state index in [0.29, 0.717) is 12.0 Å². The van der Waals surface area contributed by atoms with Gasteiger partial charge in [0, 0.05) is 63.6 Å². The van der Waals surface area contributed by atoms with Gasteiger partial charge in [0.1, 0.15) is 5.01 Å². The lowest BCUT2D eigenvalue weighted by molar-refractivity contribution is 0.156. The predicted octanol–water partition coefficient (Wildman–Crippen LogP) is 1.22. The van der Waals surface area contributed by atoms with Crippen LogP contribution in [0.5, 0.6) is 0 Å². The van der Waals surface area contributed by atoms with Gasteiger partial charge in [-0.15, -0.1) is 10.2 Å². The van der Waals surface area contributed by atoms with Gasteiger partial charge in [-0.25, -0.2) is 9.97 Å². The molecule has 0 unspecified atom stereocenters. The smallest absolute Gasteiger partial charge is 0.225 e. The van der Waals surface area contributed by atoms with Crippen LogP contribution in [0.3, 0.4) is 0 Å². The molecule has 1 saturated carbocycles. The average Bonchev–Trinajstić information content (AvgIpc) is 3.34. The van der Waals surface area contributed by atoms with Crippen molar-refractivity contribution in [1.29, 1.82) is 0 Å². The molecule has 0 aromatic carbocycles. The van der Waals surface area contributed by atoms with E-state index in [-0.39, 0.29) is 0 Å². The van der Waals surface area contributed by atoms with Gasteiger partial charge in [-0.05, 0) is 18.9 Å². The second-order valence-corrected chi connectivity index (χ2v) is 7.82. The predicted molar refractivity (Wildman–Crippen MR) is 93.7 cm³/mol. The monoisotopic (exact) mass is 343 g/mol. The average molecular weight is 343 g/mol. The summed E-state index contributed by atoms with van der Waals surface area (Å²) in [7, 11) is 0. The van der Waals surface area contributed by atoms with Crippen LogP contribution in [0.15, 0.2) is 18.5 Å². The fourth-order valence-electron chi connectivity index (χ4n) is 3.43. The van der Waals surface area contributed by atoms with E-state index >= 15 is 0 Å². The summed E-state index contributed by atoms with van der Waals surface area (Å²) < 4.78 is 0. The Labute approximate surface area is 145 Å². The maximum atomic E-state index is 4.38. The van der Waals surface area contributed by atoms with E-state index in [2.05, 4.69) is 34.9 Å². The van der Waals surface area contributed by atoms with Gasteiger partial charge in [-0.3, -0.25) is 4.90 Å². The molecule has 24 heavy (non-hydrogen) atoms. The molecule has 0 atom stereocenters. The van der Waals surface area contributed by atoms with Gasteiger partial charge in [0.05, 0.1) is 0 Å². The first-order chi connectivity index (χ1) is 11.9. The Morgan fingerprint density at radius 1 is 0.917 bits per heavy atom. The summed E-state index contributed by atoms with van der Waals surface area (Å²) in [5.41, 5.74) is 0. The lowest BCUT2D eigenvalue weighted by Crippen LogP contribution is -2.63. The van der Waals surface area contributed by atoms with Gasteiger partial charge in [0.25, 0.3) is 0 Å². The second-order valence-electron chi connectivity index (χ2n) is 6.83. The normalized spacial score (nSPS) is 22.7. The van der Waals surface area contributed by atoms with E-state index in [9.17, 15) is 0 Å². The van der Waals surface area contributed by atoms with Crippen molar-refractivity contribution in [2.24, 2.45) is 0 Å². The number of aromatic nitrogens is 4. The highest BCUT2D eigenvalue weighted by molar-refractivity contribution is 7.15. The first-order valence-corrected chi connectivity index (χ1v) is 9.53. The molecule has 2 aromatic heterocycles. The Kier molecular flexibility index (Phi) is 3.59. The molecule has 4 heterocycles. The van der Waals surface area contributed by atoms with Crippen LogP contribution < -0.4 is 9.80 Å². The zero-order valence-electron chi connectivity index (χ0n) is 13.6. The molecule has 0 bridgehead atoms. The molecule has 7 nitrogen and oxygen atoms in total. The largest absolute Gasteiger partial charge is 0.343 e. The summed E-state index contributed by atoms with van der Waals surface area (Å²) in [5, 5.41) is 11.1. The van der Waals surface area contributed by atoms with Gasteiger partial charge < -0.3 is 9.80 Å². The highest BCUT2D eigenvalue weighted by atomic mass is 32.1. The van der Waals surface area contributed by atoms with Crippen LogP contribution in [0.25, 0.3) is 0 Å². The van der Waals surface area contributed by atoms with Crippen LogP contribution in [0.4, 0.5) is 11.1 Å². The standard InChI is InChI=1S/C16H21N7S/c1-4-17-15(18-5-1)22-8-6-21(7-9-22)13-10-23(11-13)16-20-19-14(24-16)12-2-3-12/h1,4-5,12-13H,2-3,6-11H2. The van der Waals surface area contributed by atoms with Gasteiger partial charge in [0.2, 0.25) is 11.1 Å². The van der Waals surface area contributed by atoms with Crippen molar-refractivity contribution >= 4 is 22.4 Å². The summed E-state index contributed by atoms with van der Waals surface area (Å²) in [4.78, 5) is 16.0. The molecule has 2 saturated heterocycles. The van der Waals surface area contributed by atoms with Gasteiger partial charge >= 0.3 is 0 Å². The highest BCUT2D eigenvalue weighted by Crippen LogP contribution is 2.43. The second kappa shape index (κ2) is 5.93. The number of rotatable bonds is 4. The third-order valence-corrected chi connectivity index (χ3v) is 6.30. The first kappa shape index (κ1) is 14.5. The van der Waals surface area contributed by atoms with Crippen LogP contribution in [0.2, 0.25) is 0 Å². The molecular weight excluding hydrogens is 322 g/mol. The third-order valence-electron chi connectivity index (χ3n) is 5.15.